The van der Waals surface area contributed by atoms with E-state index in [1.54, 1.807) is 11.8 Å². The van der Waals surface area contributed by atoms with Crippen molar-refractivity contribution in [1.82, 2.24) is 4.90 Å². The third-order valence-electron chi connectivity index (χ3n) is 3.15. The molecule has 0 bridgehead atoms. The van der Waals surface area contributed by atoms with Gasteiger partial charge in [-0.1, -0.05) is 0 Å². The summed E-state index contributed by atoms with van der Waals surface area (Å²) >= 11 is 5.50. The molecule has 1 heterocycles. The number of alkyl halides is 1. The van der Waals surface area contributed by atoms with Crippen molar-refractivity contribution in [2.45, 2.75) is 19.4 Å². The van der Waals surface area contributed by atoms with Crippen molar-refractivity contribution in [1.29, 1.82) is 0 Å². The molecule has 0 saturated carbocycles. The number of hydrogen-bond acceptors (Lipinski definition) is 1. The van der Waals surface area contributed by atoms with Crippen LogP contribution in [0.5, 0.6) is 0 Å². The fraction of sp³-hybridized carbons (Fsp3) is 0.417. The van der Waals surface area contributed by atoms with Crippen molar-refractivity contribution in [2.75, 3.05) is 12.4 Å². The van der Waals surface area contributed by atoms with Gasteiger partial charge in [0.2, 0.25) is 5.91 Å². The van der Waals surface area contributed by atoms with Gasteiger partial charge < -0.3 is 4.90 Å². The zero-order chi connectivity index (χ0) is 12.6. The molecule has 0 aliphatic carbocycles. The molecule has 1 atom stereocenters. The van der Waals surface area contributed by atoms with Crippen LogP contribution in [0.15, 0.2) is 12.1 Å². The fourth-order valence-electron chi connectivity index (χ4n) is 2.27. The normalized spacial score (nSPS) is 19.1. The summed E-state index contributed by atoms with van der Waals surface area (Å²) in [6, 6.07) is 1.83. The second-order valence-corrected chi connectivity index (χ2v) is 4.37. The van der Waals surface area contributed by atoms with E-state index in [4.69, 9.17) is 11.6 Å². The summed E-state index contributed by atoms with van der Waals surface area (Å²) in [6.07, 6.45) is 0.397. The lowest BCUT2D eigenvalue weighted by Gasteiger charge is -2.35. The number of rotatable bonds is 1. The van der Waals surface area contributed by atoms with Crippen molar-refractivity contribution < 1.29 is 13.6 Å². The van der Waals surface area contributed by atoms with Crippen LogP contribution in [-0.4, -0.2) is 23.2 Å². The Balaban J connectivity index is 2.41. The maximum absolute atomic E-state index is 13.5. The fourth-order valence-corrected chi connectivity index (χ4v) is 2.42. The Bertz CT molecular complexity index is 464. The Morgan fingerprint density at radius 1 is 1.53 bits per heavy atom. The minimum atomic E-state index is -0.617. The first-order valence-electron chi connectivity index (χ1n) is 5.38. The summed E-state index contributed by atoms with van der Waals surface area (Å²) in [5.74, 6) is -1.48. The van der Waals surface area contributed by atoms with Gasteiger partial charge in [-0.15, -0.1) is 11.6 Å². The number of hydrogen-bond donors (Lipinski definition) is 0. The van der Waals surface area contributed by atoms with E-state index in [1.165, 1.54) is 6.07 Å². The van der Waals surface area contributed by atoms with Gasteiger partial charge >= 0.3 is 0 Å². The van der Waals surface area contributed by atoms with E-state index >= 15 is 0 Å². The highest BCUT2D eigenvalue weighted by molar-refractivity contribution is 6.27. The monoisotopic (exact) mass is 259 g/mol. The lowest BCUT2D eigenvalue weighted by molar-refractivity contribution is -0.131. The molecule has 0 spiro atoms. The standard InChI is InChI=1S/C12H12ClF2NO/c1-7-10-4-8(14)5-11(15)9(10)2-3-16(7)12(17)6-13/h4-5,7H,2-3,6H2,1H3. The molecule has 0 fully saturated rings. The van der Waals surface area contributed by atoms with Crippen LogP contribution < -0.4 is 0 Å². The van der Waals surface area contributed by atoms with Gasteiger partial charge in [0, 0.05) is 12.6 Å². The van der Waals surface area contributed by atoms with Crippen LogP contribution in [0.25, 0.3) is 0 Å². The third kappa shape index (κ3) is 2.14. The highest BCUT2D eigenvalue weighted by Gasteiger charge is 2.29. The number of nitrogens with zero attached hydrogens (tertiary/aromatic N) is 1. The molecule has 1 aromatic rings. The first-order chi connectivity index (χ1) is 8.04. The Hall–Kier alpha value is -1.16. The Kier molecular flexibility index (Phi) is 3.33. The average molecular weight is 260 g/mol. The zero-order valence-corrected chi connectivity index (χ0v) is 10.1. The number of halogens is 3. The first-order valence-corrected chi connectivity index (χ1v) is 5.91. The molecule has 1 unspecified atom stereocenters. The van der Waals surface area contributed by atoms with Gasteiger partial charge in [-0.3, -0.25) is 4.79 Å². The van der Waals surface area contributed by atoms with Crippen molar-refractivity contribution in [3.05, 3.63) is 34.9 Å². The molecule has 2 nitrogen and oxygen atoms in total. The maximum Gasteiger partial charge on any atom is 0.238 e. The lowest BCUT2D eigenvalue weighted by atomic mass is 9.93. The van der Waals surface area contributed by atoms with Crippen LogP contribution in [0.2, 0.25) is 0 Å². The second-order valence-electron chi connectivity index (χ2n) is 4.10. The molecule has 5 heteroatoms. The van der Waals surface area contributed by atoms with Crippen LogP contribution in [0.3, 0.4) is 0 Å². The highest BCUT2D eigenvalue weighted by Crippen LogP contribution is 2.31. The SMILES string of the molecule is CC1c2cc(F)cc(F)c2CCN1C(=O)CCl. The summed E-state index contributed by atoms with van der Waals surface area (Å²) in [4.78, 5) is 13.1. The molecule has 1 aliphatic rings. The molecule has 1 aliphatic heterocycles. The molecule has 2 rings (SSSR count). The van der Waals surface area contributed by atoms with Crippen molar-refractivity contribution in [3.8, 4) is 0 Å². The van der Waals surface area contributed by atoms with Gasteiger partial charge in [-0.2, -0.15) is 0 Å². The smallest absolute Gasteiger partial charge is 0.238 e. The quantitative estimate of drug-likeness (QED) is 0.710. The predicted octanol–water partition coefficient (Wildman–Crippen LogP) is 2.65. The molecule has 1 amide bonds. The summed E-state index contributed by atoms with van der Waals surface area (Å²) in [5.41, 5.74) is 1.03. The van der Waals surface area contributed by atoms with Gasteiger partial charge in [0.1, 0.15) is 17.5 Å². The molecule has 92 valence electrons. The van der Waals surface area contributed by atoms with Crippen LogP contribution in [0, 0.1) is 11.6 Å². The van der Waals surface area contributed by atoms with Gasteiger partial charge in [-0.05, 0) is 30.5 Å². The first kappa shape index (κ1) is 12.3. The maximum atomic E-state index is 13.5. The van der Waals surface area contributed by atoms with Gasteiger partial charge in [-0.25, -0.2) is 8.78 Å². The largest absolute Gasteiger partial charge is 0.335 e. The number of carbonyl (C=O) groups is 1. The van der Waals surface area contributed by atoms with E-state index in [9.17, 15) is 13.6 Å². The van der Waals surface area contributed by atoms with Crippen LogP contribution in [0.4, 0.5) is 8.78 Å². The Labute approximate surface area is 103 Å². The van der Waals surface area contributed by atoms with Crippen LogP contribution in [0.1, 0.15) is 24.1 Å². The average Bonchev–Trinajstić information content (AvgIpc) is 2.29. The van der Waals surface area contributed by atoms with E-state index < -0.39 is 11.6 Å². The van der Waals surface area contributed by atoms with Gasteiger partial charge in [0.25, 0.3) is 0 Å². The Morgan fingerprint density at radius 3 is 2.88 bits per heavy atom. The minimum Gasteiger partial charge on any atom is -0.335 e. The molecule has 0 radical (unpaired) electrons. The highest BCUT2D eigenvalue weighted by atomic mass is 35.5. The molecule has 0 aromatic heterocycles. The molecular weight excluding hydrogens is 248 g/mol. The third-order valence-corrected chi connectivity index (χ3v) is 3.38. The van der Waals surface area contributed by atoms with E-state index in [0.29, 0.717) is 24.1 Å². The van der Waals surface area contributed by atoms with E-state index in [1.807, 2.05) is 0 Å². The molecule has 1 aromatic carbocycles. The summed E-state index contributed by atoms with van der Waals surface area (Å²) in [5, 5.41) is 0. The number of carbonyl (C=O) groups excluding carboxylic acids is 1. The number of benzene rings is 1. The topological polar surface area (TPSA) is 20.3 Å². The van der Waals surface area contributed by atoms with Crippen LogP contribution >= 0.6 is 11.6 Å². The van der Waals surface area contributed by atoms with Crippen LogP contribution in [-0.2, 0) is 11.2 Å². The Morgan fingerprint density at radius 2 is 2.24 bits per heavy atom. The lowest BCUT2D eigenvalue weighted by Crippen LogP contribution is -2.40. The van der Waals surface area contributed by atoms with Gasteiger partial charge in [0.15, 0.2) is 0 Å². The van der Waals surface area contributed by atoms with Gasteiger partial charge in [0.05, 0.1) is 6.04 Å². The zero-order valence-electron chi connectivity index (χ0n) is 9.34. The van der Waals surface area contributed by atoms with E-state index in [-0.39, 0.29) is 17.8 Å². The predicted molar refractivity (Wildman–Crippen MR) is 60.9 cm³/mol. The van der Waals surface area contributed by atoms with E-state index in [0.717, 1.165) is 6.07 Å². The summed E-state index contributed by atoms with van der Waals surface area (Å²) in [6.45, 7) is 2.17. The summed E-state index contributed by atoms with van der Waals surface area (Å²) in [7, 11) is 0. The second kappa shape index (κ2) is 4.61. The summed E-state index contributed by atoms with van der Waals surface area (Å²) < 4.78 is 26.7. The molecule has 0 N–H and O–H groups in total. The van der Waals surface area contributed by atoms with E-state index in [2.05, 4.69) is 0 Å². The van der Waals surface area contributed by atoms with Crippen molar-refractivity contribution >= 4 is 17.5 Å². The minimum absolute atomic E-state index is 0.114. The molecular formula is C12H12ClF2NO. The van der Waals surface area contributed by atoms with Crippen molar-refractivity contribution in [3.63, 3.8) is 0 Å². The molecule has 0 saturated heterocycles. The number of fused-ring (bicyclic) bond motifs is 1. The van der Waals surface area contributed by atoms with Crippen molar-refractivity contribution in [2.24, 2.45) is 0 Å². The molecule has 17 heavy (non-hydrogen) atoms. The number of amides is 1.